The topological polar surface area (TPSA) is 74.6 Å². The predicted molar refractivity (Wildman–Crippen MR) is 85.6 cm³/mol. The number of hydrogen-bond acceptors (Lipinski definition) is 4. The molecule has 112 valence electrons. The van der Waals surface area contributed by atoms with Crippen LogP contribution in [0.1, 0.15) is 31.8 Å². The van der Waals surface area contributed by atoms with Crippen LogP contribution in [0, 0.1) is 0 Å². The summed E-state index contributed by atoms with van der Waals surface area (Å²) in [6, 6.07) is 10.8. The minimum atomic E-state index is -0.495. The number of rotatable bonds is 0. The second kappa shape index (κ2) is 4.57. The van der Waals surface area contributed by atoms with Gasteiger partial charge in [-0.1, -0.05) is 35.9 Å². The van der Waals surface area contributed by atoms with Crippen LogP contribution in [-0.4, -0.2) is 21.8 Å². The molecule has 4 nitrogen and oxygen atoms in total. The Morgan fingerprint density at radius 1 is 0.739 bits per heavy atom. The van der Waals surface area contributed by atoms with Gasteiger partial charge in [0.05, 0.1) is 11.1 Å². The van der Waals surface area contributed by atoms with Gasteiger partial charge in [0, 0.05) is 26.9 Å². The second-order valence-corrected chi connectivity index (χ2v) is 5.78. The van der Waals surface area contributed by atoms with E-state index in [4.69, 9.17) is 11.6 Å². The number of ketones is 2. The van der Waals surface area contributed by atoms with Crippen molar-refractivity contribution in [2.45, 2.75) is 0 Å². The van der Waals surface area contributed by atoms with Crippen molar-refractivity contribution in [3.63, 3.8) is 0 Å². The fraction of sp³-hybridized carbons (Fsp3) is 0. The summed E-state index contributed by atoms with van der Waals surface area (Å²) in [4.78, 5) is 25.4. The number of fused-ring (bicyclic) bond motifs is 3. The van der Waals surface area contributed by atoms with E-state index in [0.717, 1.165) is 0 Å². The molecule has 0 bridgehead atoms. The molecule has 0 radical (unpaired) electrons. The van der Waals surface area contributed by atoms with Crippen LogP contribution in [0.4, 0.5) is 0 Å². The SMILES string of the molecule is O=C1c2ccccc2C(=O)c2c1c(O)c1ccc(Cl)cc1c2O. The smallest absolute Gasteiger partial charge is 0.198 e. The monoisotopic (exact) mass is 324 g/mol. The lowest BCUT2D eigenvalue weighted by Gasteiger charge is -2.21. The summed E-state index contributed by atoms with van der Waals surface area (Å²) in [7, 11) is 0. The zero-order chi connectivity index (χ0) is 16.3. The van der Waals surface area contributed by atoms with Gasteiger partial charge in [-0.15, -0.1) is 0 Å². The first-order valence-corrected chi connectivity index (χ1v) is 7.24. The lowest BCUT2D eigenvalue weighted by atomic mass is 9.81. The molecular weight excluding hydrogens is 316 g/mol. The third kappa shape index (κ3) is 1.72. The first kappa shape index (κ1) is 13.8. The van der Waals surface area contributed by atoms with E-state index < -0.39 is 11.6 Å². The Morgan fingerprint density at radius 2 is 1.26 bits per heavy atom. The van der Waals surface area contributed by atoms with E-state index in [1.807, 2.05) is 0 Å². The van der Waals surface area contributed by atoms with Gasteiger partial charge in [0.15, 0.2) is 11.6 Å². The Balaban J connectivity index is 2.18. The van der Waals surface area contributed by atoms with E-state index in [0.29, 0.717) is 5.02 Å². The van der Waals surface area contributed by atoms with Crippen molar-refractivity contribution in [3.8, 4) is 11.5 Å². The van der Waals surface area contributed by atoms with Crippen molar-refractivity contribution >= 4 is 33.9 Å². The largest absolute Gasteiger partial charge is 0.506 e. The van der Waals surface area contributed by atoms with Crippen LogP contribution < -0.4 is 0 Å². The van der Waals surface area contributed by atoms with Crippen molar-refractivity contribution in [1.29, 1.82) is 0 Å². The van der Waals surface area contributed by atoms with Crippen molar-refractivity contribution in [3.05, 3.63) is 69.7 Å². The van der Waals surface area contributed by atoms with Gasteiger partial charge in [-0.05, 0) is 18.2 Å². The Kier molecular flexibility index (Phi) is 2.74. The predicted octanol–water partition coefficient (Wildman–Crippen LogP) is 3.68. The van der Waals surface area contributed by atoms with E-state index in [1.54, 1.807) is 18.2 Å². The normalized spacial score (nSPS) is 13.1. The summed E-state index contributed by atoms with van der Waals surface area (Å²) >= 11 is 5.93. The molecule has 0 unspecified atom stereocenters. The number of carbonyl (C=O) groups is 2. The molecule has 0 amide bonds. The lowest BCUT2D eigenvalue weighted by Crippen LogP contribution is -2.21. The Hall–Kier alpha value is -2.85. The summed E-state index contributed by atoms with van der Waals surface area (Å²) < 4.78 is 0. The van der Waals surface area contributed by atoms with Crippen molar-refractivity contribution in [2.24, 2.45) is 0 Å². The maximum absolute atomic E-state index is 12.7. The molecule has 23 heavy (non-hydrogen) atoms. The highest BCUT2D eigenvalue weighted by Gasteiger charge is 2.35. The number of benzene rings is 3. The van der Waals surface area contributed by atoms with Crippen molar-refractivity contribution in [1.82, 2.24) is 0 Å². The van der Waals surface area contributed by atoms with E-state index >= 15 is 0 Å². The van der Waals surface area contributed by atoms with Gasteiger partial charge in [-0.25, -0.2) is 0 Å². The average Bonchev–Trinajstić information content (AvgIpc) is 2.56. The van der Waals surface area contributed by atoms with Gasteiger partial charge in [0.1, 0.15) is 11.5 Å². The molecule has 0 heterocycles. The zero-order valence-corrected chi connectivity index (χ0v) is 12.4. The van der Waals surface area contributed by atoms with Gasteiger partial charge in [0.25, 0.3) is 0 Å². The number of halogens is 1. The lowest BCUT2D eigenvalue weighted by molar-refractivity contribution is 0.0974. The molecule has 5 heteroatoms. The maximum atomic E-state index is 12.7. The minimum Gasteiger partial charge on any atom is -0.506 e. The van der Waals surface area contributed by atoms with E-state index in [9.17, 15) is 19.8 Å². The van der Waals surface area contributed by atoms with Crippen LogP contribution in [0.25, 0.3) is 10.8 Å². The summed E-state index contributed by atoms with van der Waals surface area (Å²) in [6.07, 6.45) is 0. The molecule has 0 fully saturated rings. The number of aromatic hydroxyl groups is 2. The second-order valence-electron chi connectivity index (χ2n) is 5.34. The average molecular weight is 325 g/mol. The molecule has 0 aliphatic heterocycles. The van der Waals surface area contributed by atoms with Gasteiger partial charge in [-0.3, -0.25) is 9.59 Å². The Bertz CT molecular complexity index is 1040. The third-order valence-corrected chi connectivity index (χ3v) is 4.32. The number of phenols is 2. The highest BCUT2D eigenvalue weighted by Crippen LogP contribution is 2.44. The molecule has 3 aromatic rings. The molecule has 3 aromatic carbocycles. The van der Waals surface area contributed by atoms with Crippen LogP contribution in [0.3, 0.4) is 0 Å². The molecule has 2 N–H and O–H groups in total. The highest BCUT2D eigenvalue weighted by molar-refractivity contribution is 6.34. The number of phenolic OH excluding ortho intramolecular Hbond substituents is 2. The number of hydrogen-bond donors (Lipinski definition) is 2. The fourth-order valence-corrected chi connectivity index (χ4v) is 3.19. The molecule has 0 spiro atoms. The van der Waals surface area contributed by atoms with E-state index in [1.165, 1.54) is 24.3 Å². The molecule has 0 aromatic heterocycles. The van der Waals surface area contributed by atoms with Gasteiger partial charge in [-0.2, -0.15) is 0 Å². The molecule has 1 aliphatic rings. The summed E-state index contributed by atoms with van der Waals surface area (Å²) in [6.45, 7) is 0. The van der Waals surface area contributed by atoms with Gasteiger partial charge >= 0.3 is 0 Å². The van der Waals surface area contributed by atoms with Crippen molar-refractivity contribution in [2.75, 3.05) is 0 Å². The highest BCUT2D eigenvalue weighted by atomic mass is 35.5. The summed E-state index contributed by atoms with van der Waals surface area (Å²) in [5, 5.41) is 21.9. The van der Waals surface area contributed by atoms with Crippen LogP contribution >= 0.6 is 11.6 Å². The van der Waals surface area contributed by atoms with E-state index in [2.05, 4.69) is 0 Å². The first-order valence-electron chi connectivity index (χ1n) is 6.86. The molecule has 1 aliphatic carbocycles. The van der Waals surface area contributed by atoms with Crippen LogP contribution in [-0.2, 0) is 0 Å². The standard InChI is InChI=1S/C18H9ClO4/c19-8-5-6-11-12(7-8)18(23)14-13(17(11)22)15(20)9-3-1-2-4-10(9)16(14)21/h1-7,22-23H. The zero-order valence-electron chi connectivity index (χ0n) is 11.6. The number of carbonyl (C=O) groups excluding carboxylic acids is 2. The summed E-state index contributed by atoms with van der Waals surface area (Å²) in [5.74, 6) is -1.65. The molecule has 0 saturated heterocycles. The third-order valence-electron chi connectivity index (χ3n) is 4.09. The molecular formula is C18H9ClO4. The van der Waals surface area contributed by atoms with Crippen LogP contribution in [0.5, 0.6) is 11.5 Å². The summed E-state index contributed by atoms with van der Waals surface area (Å²) in [5.41, 5.74) is 0.0797. The molecule has 4 rings (SSSR count). The maximum Gasteiger partial charge on any atom is 0.198 e. The Morgan fingerprint density at radius 3 is 1.83 bits per heavy atom. The first-order chi connectivity index (χ1) is 11.0. The molecule has 0 atom stereocenters. The van der Waals surface area contributed by atoms with Gasteiger partial charge in [0.2, 0.25) is 0 Å². The van der Waals surface area contributed by atoms with Crippen LogP contribution in [0.15, 0.2) is 42.5 Å². The van der Waals surface area contributed by atoms with Crippen LogP contribution in [0.2, 0.25) is 5.02 Å². The quantitative estimate of drug-likeness (QED) is 0.484. The van der Waals surface area contributed by atoms with Gasteiger partial charge < -0.3 is 10.2 Å². The fourth-order valence-electron chi connectivity index (χ4n) is 3.02. The Labute approximate surface area is 135 Å². The van der Waals surface area contributed by atoms with Crippen molar-refractivity contribution < 1.29 is 19.8 Å². The minimum absolute atomic E-state index is 0.166. The van der Waals surface area contributed by atoms with E-state index in [-0.39, 0.29) is 44.5 Å². The molecule has 0 saturated carbocycles.